The van der Waals surface area contributed by atoms with E-state index in [4.69, 9.17) is 14.7 Å². The fraction of sp³-hybridized carbons (Fsp3) is 0.176. The van der Waals surface area contributed by atoms with Gasteiger partial charge in [-0.1, -0.05) is 18.2 Å². The maximum atomic E-state index is 12.5. The molecule has 0 fully saturated rings. The molecule has 0 bridgehead atoms. The Morgan fingerprint density at radius 1 is 1.09 bits per heavy atom. The molecule has 0 spiro atoms. The minimum atomic E-state index is -0.317. The lowest BCUT2D eigenvalue weighted by Crippen LogP contribution is -2.14. The Morgan fingerprint density at radius 2 is 1.68 bits per heavy atom. The fourth-order valence-corrected chi connectivity index (χ4v) is 2.07. The summed E-state index contributed by atoms with van der Waals surface area (Å²) in [4.78, 5) is 12.5. The summed E-state index contributed by atoms with van der Waals surface area (Å²) < 4.78 is 10.4. The van der Waals surface area contributed by atoms with Gasteiger partial charge in [0.25, 0.3) is 5.91 Å². The van der Waals surface area contributed by atoms with Crippen LogP contribution in [-0.2, 0) is 6.42 Å². The van der Waals surface area contributed by atoms with Crippen molar-refractivity contribution in [3.63, 3.8) is 0 Å². The summed E-state index contributed by atoms with van der Waals surface area (Å²) >= 11 is 0. The molecule has 0 aliphatic carbocycles. The number of amides is 1. The number of nitrogens with zero attached hydrogens (tertiary/aromatic N) is 1. The third-order valence-corrected chi connectivity index (χ3v) is 3.15. The average molecular weight is 296 g/mol. The highest BCUT2D eigenvalue weighted by Crippen LogP contribution is 2.29. The van der Waals surface area contributed by atoms with Crippen LogP contribution in [-0.4, -0.2) is 20.1 Å². The number of rotatable bonds is 5. The standard InChI is InChI=1S/C17H16N2O3/c1-21-14-4-3-5-15(22-2)16(14)17(20)19-13-8-6-12(7-9-13)10-11-18/h3-9H,10H2,1-2H3,(H,19,20). The Balaban J connectivity index is 2.24. The predicted molar refractivity (Wildman–Crippen MR) is 83.3 cm³/mol. The van der Waals surface area contributed by atoms with Gasteiger partial charge in [-0.15, -0.1) is 0 Å². The topological polar surface area (TPSA) is 71.3 Å². The van der Waals surface area contributed by atoms with Crippen LogP contribution in [0, 0.1) is 11.3 Å². The van der Waals surface area contributed by atoms with Gasteiger partial charge in [0.2, 0.25) is 0 Å². The Morgan fingerprint density at radius 3 is 2.18 bits per heavy atom. The number of carbonyl (C=O) groups is 1. The van der Waals surface area contributed by atoms with Gasteiger partial charge >= 0.3 is 0 Å². The smallest absolute Gasteiger partial charge is 0.263 e. The van der Waals surface area contributed by atoms with E-state index in [1.165, 1.54) is 14.2 Å². The molecule has 5 heteroatoms. The van der Waals surface area contributed by atoms with E-state index >= 15 is 0 Å². The molecule has 0 unspecified atom stereocenters. The number of nitriles is 1. The number of ether oxygens (including phenoxy) is 2. The summed E-state index contributed by atoms with van der Waals surface area (Å²) in [6.45, 7) is 0. The first kappa shape index (κ1) is 15.4. The molecule has 2 rings (SSSR count). The summed E-state index contributed by atoms with van der Waals surface area (Å²) in [6.07, 6.45) is 0.342. The Hall–Kier alpha value is -3.00. The number of anilines is 1. The number of hydrogen-bond donors (Lipinski definition) is 1. The van der Waals surface area contributed by atoms with E-state index in [2.05, 4.69) is 11.4 Å². The molecule has 1 N–H and O–H groups in total. The number of benzene rings is 2. The lowest BCUT2D eigenvalue weighted by molar-refractivity contribution is 0.102. The lowest BCUT2D eigenvalue weighted by Gasteiger charge is -2.13. The number of hydrogen-bond acceptors (Lipinski definition) is 4. The third kappa shape index (κ3) is 3.36. The van der Waals surface area contributed by atoms with Crippen LogP contribution in [0.3, 0.4) is 0 Å². The summed E-state index contributed by atoms with van der Waals surface area (Å²) in [6, 6.07) is 14.4. The van der Waals surface area contributed by atoms with E-state index < -0.39 is 0 Å². The lowest BCUT2D eigenvalue weighted by atomic mass is 10.1. The molecule has 0 atom stereocenters. The Kier molecular flexibility index (Phi) is 4.99. The SMILES string of the molecule is COc1cccc(OC)c1C(=O)Nc1ccc(CC#N)cc1. The van der Waals surface area contributed by atoms with Gasteiger partial charge in [0, 0.05) is 5.69 Å². The first-order valence-electron chi connectivity index (χ1n) is 6.67. The van der Waals surface area contributed by atoms with Crippen molar-refractivity contribution < 1.29 is 14.3 Å². The monoisotopic (exact) mass is 296 g/mol. The number of methoxy groups -OCH3 is 2. The largest absolute Gasteiger partial charge is 0.496 e. The third-order valence-electron chi connectivity index (χ3n) is 3.15. The summed E-state index contributed by atoms with van der Waals surface area (Å²) in [5, 5.41) is 11.4. The van der Waals surface area contributed by atoms with Gasteiger partial charge in [0.1, 0.15) is 17.1 Å². The molecule has 112 valence electrons. The second-order valence-corrected chi connectivity index (χ2v) is 4.52. The van der Waals surface area contributed by atoms with Crippen molar-refractivity contribution in [2.45, 2.75) is 6.42 Å². The van der Waals surface area contributed by atoms with Gasteiger partial charge in [-0.2, -0.15) is 5.26 Å². The predicted octanol–water partition coefficient (Wildman–Crippen LogP) is 3.02. The fourth-order valence-electron chi connectivity index (χ4n) is 2.07. The van der Waals surface area contributed by atoms with Crippen LogP contribution < -0.4 is 14.8 Å². The van der Waals surface area contributed by atoms with Crippen LogP contribution in [0.2, 0.25) is 0 Å². The minimum absolute atomic E-state index is 0.317. The Labute approximate surface area is 129 Å². The number of nitrogens with one attached hydrogen (secondary N) is 1. The molecule has 22 heavy (non-hydrogen) atoms. The second kappa shape index (κ2) is 7.14. The average Bonchev–Trinajstić information content (AvgIpc) is 2.56. The van der Waals surface area contributed by atoms with E-state index in [-0.39, 0.29) is 5.91 Å². The van der Waals surface area contributed by atoms with Crippen LogP contribution in [0.25, 0.3) is 0 Å². The first-order chi connectivity index (χ1) is 10.7. The van der Waals surface area contributed by atoms with Gasteiger partial charge in [-0.3, -0.25) is 4.79 Å². The second-order valence-electron chi connectivity index (χ2n) is 4.52. The maximum absolute atomic E-state index is 12.5. The van der Waals surface area contributed by atoms with E-state index in [0.717, 1.165) is 5.56 Å². The van der Waals surface area contributed by atoms with E-state index in [0.29, 0.717) is 29.2 Å². The van der Waals surface area contributed by atoms with Gasteiger partial charge in [0.15, 0.2) is 0 Å². The molecule has 2 aromatic rings. The van der Waals surface area contributed by atoms with Crippen LogP contribution in [0.1, 0.15) is 15.9 Å². The molecule has 2 aromatic carbocycles. The van der Waals surface area contributed by atoms with Crippen molar-refractivity contribution in [3.8, 4) is 17.6 Å². The van der Waals surface area contributed by atoms with Crippen LogP contribution in [0.5, 0.6) is 11.5 Å². The molecular weight excluding hydrogens is 280 g/mol. The minimum Gasteiger partial charge on any atom is -0.496 e. The molecule has 0 aliphatic rings. The van der Waals surface area contributed by atoms with Crippen molar-refractivity contribution in [1.82, 2.24) is 0 Å². The van der Waals surface area contributed by atoms with Crippen molar-refractivity contribution in [1.29, 1.82) is 5.26 Å². The highest BCUT2D eigenvalue weighted by atomic mass is 16.5. The number of carbonyl (C=O) groups excluding carboxylic acids is 1. The van der Waals surface area contributed by atoms with Gasteiger partial charge in [-0.05, 0) is 29.8 Å². The van der Waals surface area contributed by atoms with Gasteiger partial charge < -0.3 is 14.8 Å². The van der Waals surface area contributed by atoms with E-state index in [1.807, 2.05) is 0 Å². The molecular formula is C17H16N2O3. The molecule has 0 heterocycles. The Bertz CT molecular complexity index is 681. The molecule has 0 saturated carbocycles. The van der Waals surface area contributed by atoms with Crippen molar-refractivity contribution >= 4 is 11.6 Å². The zero-order valence-corrected chi connectivity index (χ0v) is 12.4. The summed E-state index contributed by atoms with van der Waals surface area (Å²) in [7, 11) is 3.00. The van der Waals surface area contributed by atoms with Crippen molar-refractivity contribution in [3.05, 3.63) is 53.6 Å². The summed E-state index contributed by atoms with van der Waals surface area (Å²) in [5.41, 5.74) is 1.88. The highest BCUT2D eigenvalue weighted by molar-refractivity contribution is 6.08. The normalized spacial score (nSPS) is 9.68. The molecule has 0 radical (unpaired) electrons. The molecule has 5 nitrogen and oxygen atoms in total. The van der Waals surface area contributed by atoms with Crippen molar-refractivity contribution in [2.75, 3.05) is 19.5 Å². The van der Waals surface area contributed by atoms with Gasteiger partial charge in [-0.25, -0.2) is 0 Å². The zero-order valence-electron chi connectivity index (χ0n) is 12.4. The zero-order chi connectivity index (χ0) is 15.9. The summed E-state index contributed by atoms with van der Waals surface area (Å²) in [5.74, 6) is 0.568. The van der Waals surface area contributed by atoms with E-state index in [9.17, 15) is 4.79 Å². The van der Waals surface area contributed by atoms with Gasteiger partial charge in [0.05, 0.1) is 26.7 Å². The highest BCUT2D eigenvalue weighted by Gasteiger charge is 2.18. The van der Waals surface area contributed by atoms with Crippen molar-refractivity contribution in [2.24, 2.45) is 0 Å². The van der Waals surface area contributed by atoms with Crippen LogP contribution in [0.15, 0.2) is 42.5 Å². The van der Waals surface area contributed by atoms with Crippen LogP contribution >= 0.6 is 0 Å². The maximum Gasteiger partial charge on any atom is 0.263 e. The molecule has 0 saturated heterocycles. The molecule has 0 aromatic heterocycles. The van der Waals surface area contributed by atoms with Crippen LogP contribution in [0.4, 0.5) is 5.69 Å². The quantitative estimate of drug-likeness (QED) is 0.920. The van der Waals surface area contributed by atoms with E-state index in [1.54, 1.807) is 42.5 Å². The molecule has 1 amide bonds. The molecule has 0 aliphatic heterocycles. The first-order valence-corrected chi connectivity index (χ1v) is 6.67.